The summed E-state index contributed by atoms with van der Waals surface area (Å²) < 4.78 is 13.0. The van der Waals surface area contributed by atoms with Gasteiger partial charge in [0.05, 0.1) is 30.3 Å². The van der Waals surface area contributed by atoms with Crippen LogP contribution in [0.1, 0.15) is 17.5 Å². The van der Waals surface area contributed by atoms with Gasteiger partial charge in [-0.3, -0.25) is 4.79 Å². The second-order valence-corrected chi connectivity index (χ2v) is 6.82. The lowest BCUT2D eigenvalue weighted by atomic mass is 10.1. The van der Waals surface area contributed by atoms with Gasteiger partial charge in [-0.2, -0.15) is 5.10 Å². The Morgan fingerprint density at radius 1 is 1.14 bits per heavy atom. The zero-order chi connectivity index (χ0) is 19.3. The monoisotopic (exact) mass is 398 g/mol. The van der Waals surface area contributed by atoms with Crippen molar-refractivity contribution in [3.63, 3.8) is 0 Å². The van der Waals surface area contributed by atoms with Gasteiger partial charge in [-0.15, -0.1) is 0 Å². The van der Waals surface area contributed by atoms with E-state index in [1.54, 1.807) is 17.1 Å². The molecular weight excluding hydrogens is 380 g/mol. The average Bonchev–Trinajstić information content (AvgIpc) is 3.13. The van der Waals surface area contributed by atoms with Gasteiger partial charge in [0, 0.05) is 13.0 Å². The summed E-state index contributed by atoms with van der Waals surface area (Å²) in [7, 11) is 0. The van der Waals surface area contributed by atoms with Gasteiger partial charge >= 0.3 is 0 Å². The maximum Gasteiger partial charge on any atom is 0.224 e. The number of benzene rings is 2. The largest absolute Gasteiger partial charge is 0.489 e. The van der Waals surface area contributed by atoms with E-state index < -0.39 is 0 Å². The molecule has 1 aromatic heterocycles. The second kappa shape index (κ2) is 8.31. The van der Waals surface area contributed by atoms with E-state index in [1.807, 2.05) is 30.3 Å². The lowest BCUT2D eigenvalue weighted by Crippen LogP contribution is -2.24. The van der Waals surface area contributed by atoms with Gasteiger partial charge in [-0.05, 0) is 35.4 Å². The number of halogens is 1. The molecule has 144 valence electrons. The third-order valence-corrected chi connectivity index (χ3v) is 4.62. The predicted octanol–water partition coefficient (Wildman–Crippen LogP) is 2.94. The molecule has 4 rings (SSSR count). The molecule has 1 aliphatic rings. The molecule has 3 aromatic rings. The molecule has 2 aromatic carbocycles. The highest BCUT2D eigenvalue weighted by molar-refractivity contribution is 6.32. The van der Waals surface area contributed by atoms with E-state index in [4.69, 9.17) is 21.1 Å². The van der Waals surface area contributed by atoms with E-state index >= 15 is 0 Å². The molecule has 0 atom stereocenters. The van der Waals surface area contributed by atoms with Crippen molar-refractivity contribution in [3.05, 3.63) is 65.2 Å². The molecule has 2 heterocycles. The lowest BCUT2D eigenvalue weighted by Gasteiger charge is -2.12. The maximum absolute atomic E-state index is 12.3. The third kappa shape index (κ3) is 4.26. The van der Waals surface area contributed by atoms with Crippen molar-refractivity contribution >= 4 is 17.5 Å². The van der Waals surface area contributed by atoms with Crippen LogP contribution in [0.4, 0.5) is 0 Å². The van der Waals surface area contributed by atoms with E-state index in [2.05, 4.69) is 15.4 Å². The first-order valence-corrected chi connectivity index (χ1v) is 9.35. The van der Waals surface area contributed by atoms with E-state index in [9.17, 15) is 4.79 Å². The molecule has 0 unspecified atom stereocenters. The number of hydrogen-bond acceptors (Lipinski definition) is 5. The summed E-state index contributed by atoms with van der Waals surface area (Å²) in [5, 5.41) is 7.48. The van der Waals surface area contributed by atoms with Crippen LogP contribution in [0.5, 0.6) is 11.5 Å². The predicted molar refractivity (Wildman–Crippen MR) is 104 cm³/mol. The number of nitrogens with one attached hydrogen (secondary N) is 1. The minimum absolute atomic E-state index is 0.0918. The Balaban J connectivity index is 1.36. The lowest BCUT2D eigenvalue weighted by molar-refractivity contribution is -0.120. The highest BCUT2D eigenvalue weighted by Crippen LogP contribution is 2.38. The fourth-order valence-electron chi connectivity index (χ4n) is 2.94. The van der Waals surface area contributed by atoms with Gasteiger partial charge in [0.25, 0.3) is 0 Å². The number of fused-ring (bicyclic) bond motifs is 1. The summed E-state index contributed by atoms with van der Waals surface area (Å²) in [6.07, 6.45) is 4.14. The smallest absolute Gasteiger partial charge is 0.224 e. The van der Waals surface area contributed by atoms with Crippen molar-refractivity contribution in [2.24, 2.45) is 0 Å². The average molecular weight is 399 g/mol. The highest BCUT2D eigenvalue weighted by atomic mass is 35.5. The Hall–Kier alpha value is -3.06. The summed E-state index contributed by atoms with van der Waals surface area (Å²) in [6.45, 7) is 1.58. The number of rotatable bonds is 5. The van der Waals surface area contributed by atoms with Crippen LogP contribution >= 0.6 is 11.6 Å². The van der Waals surface area contributed by atoms with Crippen LogP contribution < -0.4 is 14.8 Å². The fraction of sp³-hybridized carbons (Fsp3) is 0.250. The molecule has 1 aliphatic heterocycles. The maximum atomic E-state index is 12.3. The molecule has 0 fully saturated rings. The van der Waals surface area contributed by atoms with Gasteiger partial charge in [-0.25, -0.2) is 9.67 Å². The molecule has 7 nitrogen and oxygen atoms in total. The van der Waals surface area contributed by atoms with Crippen LogP contribution in [0.2, 0.25) is 5.02 Å². The van der Waals surface area contributed by atoms with E-state index in [1.165, 1.54) is 6.33 Å². The van der Waals surface area contributed by atoms with Gasteiger partial charge in [0.15, 0.2) is 11.5 Å². The van der Waals surface area contributed by atoms with Crippen molar-refractivity contribution in [2.45, 2.75) is 19.4 Å². The number of ether oxygens (including phenoxy) is 2. The minimum atomic E-state index is -0.0918. The molecule has 1 N–H and O–H groups in total. The van der Waals surface area contributed by atoms with Crippen LogP contribution in [0.15, 0.2) is 49.1 Å². The topological polar surface area (TPSA) is 78.3 Å². The van der Waals surface area contributed by atoms with Gasteiger partial charge < -0.3 is 14.8 Å². The molecule has 0 saturated heterocycles. The Kier molecular flexibility index (Phi) is 5.43. The molecule has 8 heteroatoms. The number of nitrogens with zero attached hydrogens (tertiary/aromatic N) is 3. The summed E-state index contributed by atoms with van der Waals surface area (Å²) in [5.74, 6) is 1.05. The molecule has 0 radical (unpaired) electrons. The Labute approximate surface area is 167 Å². The standard InChI is InChI=1S/C20H19ClN4O3/c21-17-8-15(9-18-20(17)28-7-1-6-27-18)10-19(26)23-11-14-2-4-16(5-3-14)25-13-22-12-24-25/h2-5,8-9,12-13H,1,6-7,10-11H2,(H,23,26). The quantitative estimate of drug-likeness (QED) is 0.715. The summed E-state index contributed by atoms with van der Waals surface area (Å²) in [6, 6.07) is 11.3. The van der Waals surface area contributed by atoms with Gasteiger partial charge in [0.2, 0.25) is 5.91 Å². The first kappa shape index (κ1) is 18.3. The van der Waals surface area contributed by atoms with Crippen molar-refractivity contribution in [1.82, 2.24) is 20.1 Å². The molecule has 1 amide bonds. The molecule has 0 aliphatic carbocycles. The molecule has 0 spiro atoms. The molecule has 28 heavy (non-hydrogen) atoms. The number of amides is 1. The van der Waals surface area contributed by atoms with E-state index in [0.29, 0.717) is 36.3 Å². The van der Waals surface area contributed by atoms with Crippen molar-refractivity contribution in [2.75, 3.05) is 13.2 Å². The van der Waals surface area contributed by atoms with Crippen LogP contribution in [0, 0.1) is 0 Å². The summed E-state index contributed by atoms with van der Waals surface area (Å²) in [4.78, 5) is 16.3. The zero-order valence-corrected chi connectivity index (χ0v) is 15.9. The third-order valence-electron chi connectivity index (χ3n) is 4.34. The summed E-state index contributed by atoms with van der Waals surface area (Å²) in [5.41, 5.74) is 2.69. The van der Waals surface area contributed by atoms with E-state index in [-0.39, 0.29) is 12.3 Å². The van der Waals surface area contributed by atoms with Gasteiger partial charge in [-0.1, -0.05) is 23.7 Å². The SMILES string of the molecule is O=C(Cc1cc(Cl)c2c(c1)OCCCO2)NCc1ccc(-n2cncn2)cc1. The second-order valence-electron chi connectivity index (χ2n) is 6.42. The van der Waals surface area contributed by atoms with Crippen molar-refractivity contribution in [3.8, 4) is 17.2 Å². The van der Waals surface area contributed by atoms with Crippen molar-refractivity contribution < 1.29 is 14.3 Å². The van der Waals surface area contributed by atoms with Crippen molar-refractivity contribution in [1.29, 1.82) is 0 Å². The zero-order valence-electron chi connectivity index (χ0n) is 15.1. The number of carbonyl (C=O) groups is 1. The number of hydrogen-bond donors (Lipinski definition) is 1. The number of aromatic nitrogens is 3. The molecule has 0 bridgehead atoms. The number of carbonyl (C=O) groups excluding carboxylic acids is 1. The normalized spacial score (nSPS) is 13.0. The minimum Gasteiger partial charge on any atom is -0.489 e. The first-order chi connectivity index (χ1) is 13.7. The summed E-state index contributed by atoms with van der Waals surface area (Å²) >= 11 is 6.29. The van der Waals surface area contributed by atoms with Gasteiger partial charge in [0.1, 0.15) is 12.7 Å². The Morgan fingerprint density at radius 2 is 1.96 bits per heavy atom. The molecular formula is C20H19ClN4O3. The molecule has 0 saturated carbocycles. The first-order valence-electron chi connectivity index (χ1n) is 8.98. The van der Waals surface area contributed by atoms with Crippen LogP contribution in [-0.4, -0.2) is 33.9 Å². The Bertz CT molecular complexity index is 958. The van der Waals surface area contributed by atoms with E-state index in [0.717, 1.165) is 23.2 Å². The fourth-order valence-corrected chi connectivity index (χ4v) is 3.23. The van der Waals surface area contributed by atoms with Crippen LogP contribution in [0.25, 0.3) is 5.69 Å². The van der Waals surface area contributed by atoms with Crippen LogP contribution in [0.3, 0.4) is 0 Å². The Morgan fingerprint density at radius 3 is 2.75 bits per heavy atom. The van der Waals surface area contributed by atoms with Crippen LogP contribution in [-0.2, 0) is 17.8 Å². The highest BCUT2D eigenvalue weighted by Gasteiger charge is 2.16.